The molecule has 2 aromatic heterocycles. The van der Waals surface area contributed by atoms with Gasteiger partial charge in [-0.15, -0.1) is 0 Å². The molecule has 0 aromatic carbocycles. The third kappa shape index (κ3) is 2.48. The SMILES string of the molecule is Cc1nn(-c2ccncc2F)c(C)c1B1OC(C)(C)C(C)(C)O1. The lowest BCUT2D eigenvalue weighted by atomic mass is 9.77. The molecule has 3 rings (SSSR count). The zero-order valence-corrected chi connectivity index (χ0v) is 14.3. The normalized spacial score (nSPS) is 19.3. The van der Waals surface area contributed by atoms with Crippen LogP contribution in [0.3, 0.4) is 0 Å². The van der Waals surface area contributed by atoms with Crippen LogP contribution in [0.25, 0.3) is 5.69 Å². The van der Waals surface area contributed by atoms with E-state index >= 15 is 0 Å². The van der Waals surface area contributed by atoms with Gasteiger partial charge >= 0.3 is 7.12 Å². The fourth-order valence-electron chi connectivity index (χ4n) is 2.73. The number of hydrogen-bond donors (Lipinski definition) is 0. The van der Waals surface area contributed by atoms with Gasteiger partial charge in [0.1, 0.15) is 5.69 Å². The Morgan fingerprint density at radius 2 is 1.74 bits per heavy atom. The zero-order chi connectivity index (χ0) is 17.0. The van der Waals surface area contributed by atoms with Crippen LogP contribution in [0.1, 0.15) is 39.1 Å². The average molecular weight is 317 g/mol. The van der Waals surface area contributed by atoms with Gasteiger partial charge in [0.25, 0.3) is 0 Å². The first-order valence-electron chi connectivity index (χ1n) is 7.66. The fraction of sp³-hybridized carbons (Fsp3) is 0.500. The highest BCUT2D eigenvalue weighted by atomic mass is 19.1. The Balaban J connectivity index is 2.05. The lowest BCUT2D eigenvalue weighted by molar-refractivity contribution is 0.00578. The van der Waals surface area contributed by atoms with Crippen LogP contribution in [0.5, 0.6) is 0 Å². The van der Waals surface area contributed by atoms with E-state index in [1.807, 2.05) is 41.5 Å². The van der Waals surface area contributed by atoms with E-state index in [0.717, 1.165) is 16.9 Å². The minimum atomic E-state index is -0.515. The van der Waals surface area contributed by atoms with Crippen LogP contribution >= 0.6 is 0 Å². The van der Waals surface area contributed by atoms with Gasteiger partial charge in [0, 0.05) is 17.4 Å². The monoisotopic (exact) mass is 317 g/mol. The molecule has 2 aromatic rings. The van der Waals surface area contributed by atoms with Crippen molar-refractivity contribution in [3.05, 3.63) is 35.7 Å². The van der Waals surface area contributed by atoms with Gasteiger partial charge in [-0.05, 0) is 47.6 Å². The lowest BCUT2D eigenvalue weighted by Crippen LogP contribution is -2.41. The van der Waals surface area contributed by atoms with Gasteiger partial charge < -0.3 is 9.31 Å². The molecule has 0 amide bonds. The van der Waals surface area contributed by atoms with E-state index in [-0.39, 0.29) is 0 Å². The number of aromatic nitrogens is 3. The second-order valence-corrected chi connectivity index (χ2v) is 6.91. The van der Waals surface area contributed by atoms with Gasteiger partial charge in [0.2, 0.25) is 0 Å². The summed E-state index contributed by atoms with van der Waals surface area (Å²) in [5.41, 5.74) is 1.91. The van der Waals surface area contributed by atoms with Gasteiger partial charge in [-0.2, -0.15) is 5.10 Å². The molecule has 23 heavy (non-hydrogen) atoms. The topological polar surface area (TPSA) is 49.2 Å². The quantitative estimate of drug-likeness (QED) is 0.798. The van der Waals surface area contributed by atoms with E-state index < -0.39 is 24.1 Å². The van der Waals surface area contributed by atoms with Crippen molar-refractivity contribution in [3.8, 4) is 5.69 Å². The van der Waals surface area contributed by atoms with Crippen LogP contribution in [-0.2, 0) is 9.31 Å². The maximum atomic E-state index is 14.0. The molecule has 3 heterocycles. The number of rotatable bonds is 2. The summed E-state index contributed by atoms with van der Waals surface area (Å²) in [6.45, 7) is 11.8. The van der Waals surface area contributed by atoms with Crippen LogP contribution in [-0.4, -0.2) is 33.1 Å². The third-order valence-corrected chi connectivity index (χ3v) is 4.82. The second-order valence-electron chi connectivity index (χ2n) is 6.91. The Labute approximate surface area is 136 Å². The van der Waals surface area contributed by atoms with E-state index in [0.29, 0.717) is 5.69 Å². The van der Waals surface area contributed by atoms with E-state index in [4.69, 9.17) is 9.31 Å². The Morgan fingerprint density at radius 1 is 1.13 bits per heavy atom. The van der Waals surface area contributed by atoms with Crippen molar-refractivity contribution in [1.29, 1.82) is 0 Å². The molecule has 1 aliphatic rings. The molecular weight excluding hydrogens is 296 g/mol. The molecule has 1 fully saturated rings. The van der Waals surface area contributed by atoms with Crippen molar-refractivity contribution >= 4 is 12.6 Å². The third-order valence-electron chi connectivity index (χ3n) is 4.82. The average Bonchev–Trinajstić information content (AvgIpc) is 2.83. The standard InChI is InChI=1S/C16H21BFN3O2/c1-10-14(17-22-15(3,4)16(5,6)23-17)11(2)21(20-10)13-7-8-19-9-12(13)18/h7-9H,1-6H3. The molecule has 5 nitrogen and oxygen atoms in total. The first kappa shape index (κ1) is 16.1. The van der Waals surface area contributed by atoms with E-state index in [1.165, 1.54) is 6.20 Å². The molecular formula is C16H21BFN3O2. The van der Waals surface area contributed by atoms with Crippen molar-refractivity contribution in [3.63, 3.8) is 0 Å². The molecule has 0 spiro atoms. The maximum absolute atomic E-state index is 14.0. The van der Waals surface area contributed by atoms with Crippen LogP contribution in [0.15, 0.2) is 18.5 Å². The van der Waals surface area contributed by atoms with E-state index in [1.54, 1.807) is 16.9 Å². The number of halogens is 1. The number of aryl methyl sites for hydroxylation is 1. The summed E-state index contributed by atoms with van der Waals surface area (Å²) in [4.78, 5) is 3.78. The minimum Gasteiger partial charge on any atom is -0.399 e. The lowest BCUT2D eigenvalue weighted by Gasteiger charge is -2.32. The number of hydrogen-bond acceptors (Lipinski definition) is 4. The summed E-state index contributed by atoms with van der Waals surface area (Å²) in [7, 11) is -0.515. The molecule has 0 saturated carbocycles. The molecule has 0 N–H and O–H groups in total. The summed E-state index contributed by atoms with van der Waals surface area (Å²) in [5, 5.41) is 4.47. The molecule has 0 atom stereocenters. The highest BCUT2D eigenvalue weighted by molar-refractivity contribution is 6.63. The fourth-order valence-corrected chi connectivity index (χ4v) is 2.73. The summed E-state index contributed by atoms with van der Waals surface area (Å²) in [6.07, 6.45) is 2.73. The summed E-state index contributed by atoms with van der Waals surface area (Å²) >= 11 is 0. The molecule has 0 radical (unpaired) electrons. The van der Waals surface area contributed by atoms with Crippen molar-refractivity contribution in [1.82, 2.24) is 14.8 Å². The van der Waals surface area contributed by atoms with Crippen LogP contribution in [0.2, 0.25) is 0 Å². The molecule has 0 aliphatic carbocycles. The highest BCUT2D eigenvalue weighted by Gasteiger charge is 2.53. The summed E-state index contributed by atoms with van der Waals surface area (Å²) in [6, 6.07) is 1.60. The van der Waals surface area contributed by atoms with Gasteiger partial charge in [-0.1, -0.05) is 0 Å². The van der Waals surface area contributed by atoms with E-state index in [2.05, 4.69) is 10.1 Å². The van der Waals surface area contributed by atoms with Gasteiger partial charge in [-0.3, -0.25) is 4.98 Å². The molecule has 1 saturated heterocycles. The van der Waals surface area contributed by atoms with Crippen LogP contribution < -0.4 is 5.46 Å². The van der Waals surface area contributed by atoms with Gasteiger partial charge in [0.05, 0.1) is 23.1 Å². The minimum absolute atomic E-state index is 0.364. The van der Waals surface area contributed by atoms with E-state index in [9.17, 15) is 4.39 Å². The molecule has 1 aliphatic heterocycles. The number of nitrogens with zero attached hydrogens (tertiary/aromatic N) is 3. The molecule has 122 valence electrons. The van der Waals surface area contributed by atoms with Crippen LogP contribution in [0, 0.1) is 19.7 Å². The van der Waals surface area contributed by atoms with Gasteiger partial charge in [-0.25, -0.2) is 9.07 Å². The predicted molar refractivity (Wildman–Crippen MR) is 86.5 cm³/mol. The maximum Gasteiger partial charge on any atom is 0.498 e. The van der Waals surface area contributed by atoms with Crippen molar-refractivity contribution < 1.29 is 13.7 Å². The second kappa shape index (κ2) is 5.14. The first-order chi connectivity index (χ1) is 10.6. The van der Waals surface area contributed by atoms with Crippen LogP contribution in [0.4, 0.5) is 4.39 Å². The first-order valence-corrected chi connectivity index (χ1v) is 7.66. The Bertz CT molecular complexity index is 742. The molecule has 7 heteroatoms. The number of pyridine rings is 1. The van der Waals surface area contributed by atoms with Crippen molar-refractivity contribution in [2.45, 2.75) is 52.7 Å². The Hall–Kier alpha value is -1.73. The van der Waals surface area contributed by atoms with Crippen molar-refractivity contribution in [2.75, 3.05) is 0 Å². The highest BCUT2D eigenvalue weighted by Crippen LogP contribution is 2.37. The summed E-state index contributed by atoms with van der Waals surface area (Å²) in [5.74, 6) is -0.418. The Kier molecular flexibility index (Phi) is 3.61. The largest absolute Gasteiger partial charge is 0.498 e. The predicted octanol–water partition coefficient (Wildman–Crippen LogP) is 2.32. The smallest absolute Gasteiger partial charge is 0.399 e. The molecule has 0 bridgehead atoms. The Morgan fingerprint density at radius 3 is 2.30 bits per heavy atom. The molecule has 0 unspecified atom stereocenters. The summed E-state index contributed by atoms with van der Waals surface area (Å²) < 4.78 is 27.8. The van der Waals surface area contributed by atoms with Crippen molar-refractivity contribution in [2.24, 2.45) is 0 Å². The van der Waals surface area contributed by atoms with Gasteiger partial charge in [0.15, 0.2) is 5.82 Å². The zero-order valence-electron chi connectivity index (χ0n) is 14.3.